The fourth-order valence-electron chi connectivity index (χ4n) is 4.47. The summed E-state index contributed by atoms with van der Waals surface area (Å²) in [5, 5.41) is 4.93. The van der Waals surface area contributed by atoms with Crippen LogP contribution in [0.2, 0.25) is 5.02 Å². The van der Waals surface area contributed by atoms with Crippen molar-refractivity contribution in [1.82, 2.24) is 9.78 Å². The number of anilines is 1. The molecule has 1 saturated carbocycles. The summed E-state index contributed by atoms with van der Waals surface area (Å²) >= 11 is 6.29. The highest BCUT2D eigenvalue weighted by Crippen LogP contribution is 2.47. The Labute approximate surface area is 181 Å². The summed E-state index contributed by atoms with van der Waals surface area (Å²) < 4.78 is 6.81. The molecule has 0 spiro atoms. The van der Waals surface area contributed by atoms with Gasteiger partial charge in [-0.15, -0.1) is 0 Å². The first kappa shape index (κ1) is 22.2. The first-order valence-corrected chi connectivity index (χ1v) is 10.6. The number of nitrogens with two attached hydrogens (primary N) is 2. The zero-order chi connectivity index (χ0) is 21.9. The number of primary amides is 1. The van der Waals surface area contributed by atoms with Gasteiger partial charge in [0.15, 0.2) is 0 Å². The molecule has 1 amide bonds. The van der Waals surface area contributed by atoms with Crippen LogP contribution in [0, 0.1) is 0 Å². The van der Waals surface area contributed by atoms with E-state index in [-0.39, 0.29) is 17.0 Å². The molecule has 0 atom stereocenters. The van der Waals surface area contributed by atoms with Crippen LogP contribution in [0.3, 0.4) is 0 Å². The Kier molecular flexibility index (Phi) is 6.41. The standard InChI is InChI=1S/C22H29ClN4O3/c1-21(2,30-20(25)29)12-13-22(15-4-3-5-16(23)14-15)10-8-17(9-11-22)27-19(28)7-6-18(24)26-27/h3-7,14,17H,8-13H2,1-2H3,(H2,24,26)(H2,25,29). The number of ether oxygens (including phenoxy) is 1. The molecule has 2 aromatic rings. The zero-order valence-corrected chi connectivity index (χ0v) is 18.2. The molecule has 0 saturated heterocycles. The van der Waals surface area contributed by atoms with Crippen molar-refractivity contribution in [2.24, 2.45) is 5.73 Å². The topological polar surface area (TPSA) is 113 Å². The van der Waals surface area contributed by atoms with Crippen molar-refractivity contribution >= 4 is 23.5 Å². The van der Waals surface area contributed by atoms with Gasteiger partial charge in [0, 0.05) is 11.1 Å². The summed E-state index contributed by atoms with van der Waals surface area (Å²) in [5.41, 5.74) is 11.2. The van der Waals surface area contributed by atoms with E-state index in [0.717, 1.165) is 37.7 Å². The Hall–Kier alpha value is -2.54. The maximum Gasteiger partial charge on any atom is 0.405 e. The van der Waals surface area contributed by atoms with Crippen LogP contribution in [0.5, 0.6) is 0 Å². The molecule has 1 heterocycles. The van der Waals surface area contributed by atoms with Gasteiger partial charge in [-0.3, -0.25) is 4.79 Å². The predicted octanol–water partition coefficient (Wildman–Crippen LogP) is 4.19. The monoisotopic (exact) mass is 432 g/mol. The van der Waals surface area contributed by atoms with E-state index in [1.807, 2.05) is 32.0 Å². The van der Waals surface area contributed by atoms with Crippen LogP contribution in [-0.2, 0) is 10.2 Å². The Morgan fingerprint density at radius 2 is 2.00 bits per heavy atom. The summed E-state index contributed by atoms with van der Waals surface area (Å²) in [7, 11) is 0. The first-order chi connectivity index (χ1) is 14.1. The van der Waals surface area contributed by atoms with Crippen LogP contribution >= 0.6 is 11.6 Å². The maximum atomic E-state index is 12.3. The van der Waals surface area contributed by atoms with Gasteiger partial charge in [-0.05, 0) is 81.5 Å². The number of hydrogen-bond acceptors (Lipinski definition) is 5. The van der Waals surface area contributed by atoms with Crippen LogP contribution in [0.4, 0.5) is 10.6 Å². The van der Waals surface area contributed by atoms with Crippen molar-refractivity contribution in [2.75, 3.05) is 5.73 Å². The third-order valence-corrected chi connectivity index (χ3v) is 6.36. The fraction of sp³-hybridized carbons (Fsp3) is 0.500. The second-order valence-electron chi connectivity index (χ2n) is 8.74. The lowest BCUT2D eigenvalue weighted by molar-refractivity contribution is 0.0290. The second kappa shape index (κ2) is 8.68. The molecule has 7 nitrogen and oxygen atoms in total. The molecule has 30 heavy (non-hydrogen) atoms. The molecule has 162 valence electrons. The average Bonchev–Trinajstić information content (AvgIpc) is 2.68. The van der Waals surface area contributed by atoms with E-state index in [0.29, 0.717) is 17.3 Å². The summed E-state index contributed by atoms with van der Waals surface area (Å²) in [5.74, 6) is 0.339. The van der Waals surface area contributed by atoms with E-state index in [2.05, 4.69) is 11.2 Å². The van der Waals surface area contributed by atoms with Gasteiger partial charge in [-0.2, -0.15) is 5.10 Å². The molecule has 3 rings (SSSR count). The number of nitrogen functional groups attached to an aromatic ring is 1. The van der Waals surface area contributed by atoms with Crippen molar-refractivity contribution in [2.45, 2.75) is 69.4 Å². The van der Waals surface area contributed by atoms with Crippen molar-refractivity contribution in [3.8, 4) is 0 Å². The Balaban J connectivity index is 1.84. The van der Waals surface area contributed by atoms with Crippen LogP contribution in [0.1, 0.15) is 64.0 Å². The number of amides is 1. The molecular formula is C22H29ClN4O3. The zero-order valence-electron chi connectivity index (χ0n) is 17.4. The molecule has 1 aromatic carbocycles. The molecule has 1 fully saturated rings. The SMILES string of the molecule is CC(C)(CCC1(c2cccc(Cl)c2)CCC(n2nc(N)ccc2=O)CC1)OC(N)=O. The van der Waals surface area contributed by atoms with Crippen LogP contribution in [-0.4, -0.2) is 21.5 Å². The lowest BCUT2D eigenvalue weighted by atomic mass is 9.65. The number of aromatic nitrogens is 2. The predicted molar refractivity (Wildman–Crippen MR) is 118 cm³/mol. The van der Waals surface area contributed by atoms with Crippen LogP contribution in [0.25, 0.3) is 0 Å². The van der Waals surface area contributed by atoms with E-state index >= 15 is 0 Å². The molecule has 1 aliphatic rings. The van der Waals surface area contributed by atoms with Gasteiger partial charge in [0.05, 0.1) is 6.04 Å². The molecule has 8 heteroatoms. The third kappa shape index (κ3) is 5.14. The van der Waals surface area contributed by atoms with Crippen LogP contribution in [0.15, 0.2) is 41.2 Å². The fourth-order valence-corrected chi connectivity index (χ4v) is 4.66. The van der Waals surface area contributed by atoms with Gasteiger partial charge in [-0.25, -0.2) is 9.48 Å². The van der Waals surface area contributed by atoms with Gasteiger partial charge in [-0.1, -0.05) is 23.7 Å². The van der Waals surface area contributed by atoms with Crippen molar-refractivity contribution in [3.05, 3.63) is 57.3 Å². The van der Waals surface area contributed by atoms with Gasteiger partial charge in [0.25, 0.3) is 5.56 Å². The molecule has 0 bridgehead atoms. The minimum Gasteiger partial charge on any atom is -0.444 e. The number of nitrogens with zero attached hydrogens (tertiary/aromatic N) is 2. The molecule has 1 aromatic heterocycles. The van der Waals surface area contributed by atoms with E-state index < -0.39 is 11.7 Å². The Morgan fingerprint density at radius 1 is 1.30 bits per heavy atom. The van der Waals surface area contributed by atoms with Gasteiger partial charge in [0.1, 0.15) is 11.4 Å². The number of halogens is 1. The molecule has 0 radical (unpaired) electrons. The van der Waals surface area contributed by atoms with Crippen LogP contribution < -0.4 is 17.0 Å². The lowest BCUT2D eigenvalue weighted by Crippen LogP contribution is -2.39. The van der Waals surface area contributed by atoms with E-state index in [4.69, 9.17) is 27.8 Å². The van der Waals surface area contributed by atoms with E-state index in [9.17, 15) is 9.59 Å². The Morgan fingerprint density at radius 3 is 2.63 bits per heavy atom. The lowest BCUT2D eigenvalue weighted by Gasteiger charge is -2.42. The van der Waals surface area contributed by atoms with Gasteiger partial charge >= 0.3 is 6.09 Å². The highest BCUT2D eigenvalue weighted by Gasteiger charge is 2.39. The summed E-state index contributed by atoms with van der Waals surface area (Å²) in [6, 6.07) is 10.9. The average molecular weight is 433 g/mol. The number of benzene rings is 1. The number of carbonyl (C=O) groups is 1. The molecular weight excluding hydrogens is 404 g/mol. The van der Waals surface area contributed by atoms with Gasteiger partial charge < -0.3 is 16.2 Å². The van der Waals surface area contributed by atoms with Crippen molar-refractivity contribution < 1.29 is 9.53 Å². The highest BCUT2D eigenvalue weighted by molar-refractivity contribution is 6.30. The second-order valence-corrected chi connectivity index (χ2v) is 9.18. The summed E-state index contributed by atoms with van der Waals surface area (Å²) in [6.07, 6.45) is 3.98. The van der Waals surface area contributed by atoms with E-state index in [1.54, 1.807) is 0 Å². The van der Waals surface area contributed by atoms with Crippen molar-refractivity contribution in [1.29, 1.82) is 0 Å². The summed E-state index contributed by atoms with van der Waals surface area (Å²) in [4.78, 5) is 23.5. The summed E-state index contributed by atoms with van der Waals surface area (Å²) in [6.45, 7) is 3.73. The maximum absolute atomic E-state index is 12.3. The smallest absolute Gasteiger partial charge is 0.405 e. The highest BCUT2D eigenvalue weighted by atomic mass is 35.5. The molecule has 1 aliphatic carbocycles. The number of carbonyl (C=O) groups excluding carboxylic acids is 1. The number of hydrogen-bond donors (Lipinski definition) is 2. The molecule has 0 unspecified atom stereocenters. The third-order valence-electron chi connectivity index (χ3n) is 6.12. The molecule has 0 aliphatic heterocycles. The minimum absolute atomic E-state index is 0.00295. The largest absolute Gasteiger partial charge is 0.444 e. The quantitative estimate of drug-likeness (QED) is 0.710. The number of rotatable bonds is 6. The molecule has 4 N–H and O–H groups in total. The Bertz CT molecular complexity index is 965. The minimum atomic E-state index is -0.771. The first-order valence-electron chi connectivity index (χ1n) is 10.2. The van der Waals surface area contributed by atoms with Gasteiger partial charge in [0.2, 0.25) is 0 Å². The normalized spacial score (nSPS) is 21.9. The van der Waals surface area contributed by atoms with E-state index in [1.165, 1.54) is 16.8 Å². The van der Waals surface area contributed by atoms with Crippen molar-refractivity contribution in [3.63, 3.8) is 0 Å².